The minimum Gasteiger partial charge on any atom is -0.467 e. The summed E-state index contributed by atoms with van der Waals surface area (Å²) in [5.74, 6) is 0.533. The zero-order chi connectivity index (χ0) is 24.7. The summed E-state index contributed by atoms with van der Waals surface area (Å²) in [5.41, 5.74) is -0.346. The SMILES string of the molecule is CC(C)Cc1noc(COC(=O)CNS(=O)(=O)c2ccc(NCc3ccco3)c([N+](=O)[O-])c2)n1. The number of sulfonamides is 1. The van der Waals surface area contributed by atoms with Crippen LogP contribution in [0.4, 0.5) is 11.4 Å². The summed E-state index contributed by atoms with van der Waals surface area (Å²) in [6.45, 7) is 3.14. The molecule has 0 aliphatic carbocycles. The fourth-order valence-corrected chi connectivity index (χ4v) is 3.79. The maximum atomic E-state index is 12.5. The highest BCUT2D eigenvalue weighted by molar-refractivity contribution is 7.89. The van der Waals surface area contributed by atoms with Gasteiger partial charge in [-0.2, -0.15) is 9.71 Å². The molecule has 0 aliphatic heterocycles. The van der Waals surface area contributed by atoms with Crippen molar-refractivity contribution in [3.63, 3.8) is 0 Å². The Bertz CT molecular complexity index is 1240. The van der Waals surface area contributed by atoms with Crippen LogP contribution in [0.15, 0.2) is 50.4 Å². The largest absolute Gasteiger partial charge is 0.467 e. The average molecular weight is 493 g/mol. The van der Waals surface area contributed by atoms with Crippen LogP contribution in [0.3, 0.4) is 0 Å². The number of hydrogen-bond acceptors (Lipinski definition) is 11. The smallest absolute Gasteiger partial charge is 0.321 e. The van der Waals surface area contributed by atoms with E-state index in [1.54, 1.807) is 12.1 Å². The molecule has 34 heavy (non-hydrogen) atoms. The summed E-state index contributed by atoms with van der Waals surface area (Å²) in [5, 5.41) is 18.0. The predicted molar refractivity (Wildman–Crippen MR) is 117 cm³/mol. The van der Waals surface area contributed by atoms with E-state index in [0.29, 0.717) is 23.9 Å². The molecule has 0 saturated carbocycles. The highest BCUT2D eigenvalue weighted by Crippen LogP contribution is 2.28. The zero-order valence-electron chi connectivity index (χ0n) is 18.4. The number of nitro groups is 1. The van der Waals surface area contributed by atoms with Gasteiger partial charge in [-0.05, 0) is 30.2 Å². The van der Waals surface area contributed by atoms with Crippen molar-refractivity contribution in [1.29, 1.82) is 0 Å². The van der Waals surface area contributed by atoms with E-state index >= 15 is 0 Å². The molecule has 0 bridgehead atoms. The van der Waals surface area contributed by atoms with Crippen LogP contribution in [0.2, 0.25) is 0 Å². The number of nitro benzene ring substituents is 1. The normalized spacial score (nSPS) is 11.5. The lowest BCUT2D eigenvalue weighted by atomic mass is 10.1. The van der Waals surface area contributed by atoms with Gasteiger partial charge < -0.3 is 19.0 Å². The second-order valence-corrected chi connectivity index (χ2v) is 9.32. The van der Waals surface area contributed by atoms with Crippen molar-refractivity contribution >= 4 is 27.4 Å². The van der Waals surface area contributed by atoms with Crippen molar-refractivity contribution in [1.82, 2.24) is 14.9 Å². The highest BCUT2D eigenvalue weighted by atomic mass is 32.2. The van der Waals surface area contributed by atoms with E-state index in [2.05, 4.69) is 20.2 Å². The monoisotopic (exact) mass is 493 g/mol. The van der Waals surface area contributed by atoms with Crippen LogP contribution in [-0.4, -0.2) is 36.0 Å². The number of nitrogens with zero attached hydrogens (tertiary/aromatic N) is 3. The maximum Gasteiger partial charge on any atom is 0.321 e. The Balaban J connectivity index is 1.58. The third-order valence-electron chi connectivity index (χ3n) is 4.37. The number of benzene rings is 1. The molecule has 0 fully saturated rings. The lowest BCUT2D eigenvalue weighted by Gasteiger charge is -2.09. The van der Waals surface area contributed by atoms with Gasteiger partial charge in [0.25, 0.3) is 11.6 Å². The van der Waals surface area contributed by atoms with Crippen molar-refractivity contribution in [3.05, 3.63) is 64.2 Å². The fraction of sp³-hybridized carbons (Fsp3) is 0.350. The van der Waals surface area contributed by atoms with Crippen molar-refractivity contribution < 1.29 is 31.8 Å². The molecule has 0 spiro atoms. The first-order valence-electron chi connectivity index (χ1n) is 10.2. The van der Waals surface area contributed by atoms with Crippen LogP contribution in [0.5, 0.6) is 0 Å². The van der Waals surface area contributed by atoms with Gasteiger partial charge in [-0.3, -0.25) is 14.9 Å². The van der Waals surface area contributed by atoms with Gasteiger partial charge in [0.05, 0.1) is 22.6 Å². The average Bonchev–Trinajstić information content (AvgIpc) is 3.46. The summed E-state index contributed by atoms with van der Waals surface area (Å²) < 4.78 is 42.2. The number of anilines is 1. The molecular formula is C20H23N5O8S. The number of carbonyl (C=O) groups excluding carboxylic acids is 1. The van der Waals surface area contributed by atoms with Gasteiger partial charge in [0, 0.05) is 12.5 Å². The lowest BCUT2D eigenvalue weighted by molar-refractivity contribution is -0.384. The van der Waals surface area contributed by atoms with Crippen LogP contribution in [0.25, 0.3) is 0 Å². The molecule has 13 nitrogen and oxygen atoms in total. The molecule has 3 rings (SSSR count). The molecule has 14 heteroatoms. The molecule has 1 aromatic carbocycles. The van der Waals surface area contributed by atoms with Crippen molar-refractivity contribution in [2.45, 2.75) is 38.3 Å². The molecule has 0 amide bonds. The van der Waals surface area contributed by atoms with Crippen LogP contribution in [0, 0.1) is 16.0 Å². The molecule has 2 aromatic heterocycles. The van der Waals surface area contributed by atoms with Gasteiger partial charge in [0.15, 0.2) is 12.4 Å². The first-order valence-corrected chi connectivity index (χ1v) is 11.6. The van der Waals surface area contributed by atoms with Gasteiger partial charge >= 0.3 is 5.97 Å². The quantitative estimate of drug-likeness (QED) is 0.215. The molecular weight excluding hydrogens is 470 g/mol. The minimum absolute atomic E-state index is 0.0834. The van der Waals surface area contributed by atoms with Gasteiger partial charge in [-0.15, -0.1) is 0 Å². The van der Waals surface area contributed by atoms with E-state index in [4.69, 9.17) is 13.7 Å². The van der Waals surface area contributed by atoms with Crippen molar-refractivity contribution in [2.75, 3.05) is 11.9 Å². The van der Waals surface area contributed by atoms with Crippen molar-refractivity contribution in [3.8, 4) is 0 Å². The second-order valence-electron chi connectivity index (χ2n) is 7.56. The molecule has 2 heterocycles. The molecule has 0 atom stereocenters. The van der Waals surface area contributed by atoms with Crippen LogP contribution in [-0.2, 0) is 39.1 Å². The third kappa shape index (κ3) is 6.86. The van der Waals surface area contributed by atoms with E-state index in [9.17, 15) is 23.3 Å². The third-order valence-corrected chi connectivity index (χ3v) is 5.77. The Morgan fingerprint density at radius 1 is 1.29 bits per heavy atom. The molecule has 0 unspecified atom stereocenters. The summed E-state index contributed by atoms with van der Waals surface area (Å²) in [4.78, 5) is 26.4. The van der Waals surface area contributed by atoms with E-state index in [0.717, 1.165) is 6.07 Å². The van der Waals surface area contributed by atoms with E-state index in [1.165, 1.54) is 18.4 Å². The molecule has 0 radical (unpaired) electrons. The first kappa shape index (κ1) is 24.9. The maximum absolute atomic E-state index is 12.5. The highest BCUT2D eigenvalue weighted by Gasteiger charge is 2.22. The summed E-state index contributed by atoms with van der Waals surface area (Å²) in [6, 6.07) is 6.69. The number of ether oxygens (including phenoxy) is 1. The summed E-state index contributed by atoms with van der Waals surface area (Å²) in [6.07, 6.45) is 2.06. The number of esters is 1. The molecule has 182 valence electrons. The lowest BCUT2D eigenvalue weighted by Crippen LogP contribution is -2.30. The Kier molecular flexibility index (Phi) is 7.96. The predicted octanol–water partition coefficient (Wildman–Crippen LogP) is 2.40. The van der Waals surface area contributed by atoms with E-state index in [1.807, 2.05) is 13.8 Å². The van der Waals surface area contributed by atoms with Crippen LogP contribution >= 0.6 is 0 Å². The molecule has 0 saturated heterocycles. The fourth-order valence-electron chi connectivity index (χ4n) is 2.80. The minimum atomic E-state index is -4.23. The molecule has 0 aliphatic rings. The standard InChI is InChI=1S/C20H23N5O8S/c1-13(2)8-18-23-19(33-24-18)12-32-20(26)11-22-34(29,30)15-5-6-16(17(9-15)25(27)28)21-10-14-4-3-7-31-14/h3-7,9,13,21-22H,8,10-12H2,1-2H3. The van der Waals surface area contributed by atoms with E-state index < -0.39 is 33.1 Å². The van der Waals surface area contributed by atoms with Crippen LogP contribution < -0.4 is 10.0 Å². The Morgan fingerprint density at radius 2 is 2.09 bits per heavy atom. The molecule has 3 aromatic rings. The van der Waals surface area contributed by atoms with E-state index in [-0.39, 0.29) is 29.6 Å². The topological polar surface area (TPSA) is 180 Å². The Hall–Kier alpha value is -3.78. The number of carbonyl (C=O) groups is 1. The number of rotatable bonds is 12. The second kappa shape index (κ2) is 10.9. The number of furan rings is 1. The van der Waals surface area contributed by atoms with Crippen LogP contribution in [0.1, 0.15) is 31.3 Å². The number of aromatic nitrogens is 2. The van der Waals surface area contributed by atoms with Gasteiger partial charge in [0.2, 0.25) is 10.0 Å². The summed E-state index contributed by atoms with van der Waals surface area (Å²) in [7, 11) is -4.23. The number of nitrogens with one attached hydrogen (secondary N) is 2. The number of hydrogen-bond donors (Lipinski definition) is 2. The van der Waals surface area contributed by atoms with Gasteiger partial charge in [0.1, 0.15) is 18.0 Å². The summed E-state index contributed by atoms with van der Waals surface area (Å²) >= 11 is 0. The Labute approximate surface area is 194 Å². The van der Waals surface area contributed by atoms with Crippen molar-refractivity contribution in [2.24, 2.45) is 5.92 Å². The van der Waals surface area contributed by atoms with Gasteiger partial charge in [-0.1, -0.05) is 19.0 Å². The van der Waals surface area contributed by atoms with Gasteiger partial charge in [-0.25, -0.2) is 8.42 Å². The molecule has 2 N–H and O–H groups in total. The zero-order valence-corrected chi connectivity index (χ0v) is 19.2. The first-order chi connectivity index (χ1) is 16.1. The Morgan fingerprint density at radius 3 is 2.76 bits per heavy atom.